The molecule has 0 unspecified atom stereocenters. The first kappa shape index (κ1) is 8.97. The van der Waals surface area contributed by atoms with E-state index in [0.29, 0.717) is 6.54 Å². The molecule has 0 bridgehead atoms. The van der Waals surface area contributed by atoms with E-state index in [2.05, 4.69) is 17.0 Å². The zero-order chi connectivity index (χ0) is 7.98. The second-order valence-electron chi connectivity index (χ2n) is 1.75. The van der Waals surface area contributed by atoms with Crippen LogP contribution in [0.2, 0.25) is 0 Å². The van der Waals surface area contributed by atoms with Gasteiger partial charge in [-0.05, 0) is 0 Å². The highest BCUT2D eigenvalue weighted by Gasteiger charge is 1.91. The number of nitrogens with zero attached hydrogens (tertiary/aromatic N) is 2. The van der Waals surface area contributed by atoms with Crippen LogP contribution in [-0.2, 0) is 0 Å². The van der Waals surface area contributed by atoms with Crippen LogP contribution in [0.5, 0.6) is 0 Å². The molecule has 58 valence electrons. The van der Waals surface area contributed by atoms with Gasteiger partial charge in [-0.25, -0.2) is 0 Å². The zero-order valence-electron chi connectivity index (χ0n) is 6.46. The summed E-state index contributed by atoms with van der Waals surface area (Å²) < 4.78 is 0. The summed E-state index contributed by atoms with van der Waals surface area (Å²) in [7, 11) is 3.59. The molecule has 10 heavy (non-hydrogen) atoms. The van der Waals surface area contributed by atoms with Gasteiger partial charge in [0.15, 0.2) is 0 Å². The number of rotatable bonds is 4. The highest BCUT2D eigenvalue weighted by Crippen LogP contribution is 1.90. The third-order valence-electron chi connectivity index (χ3n) is 1.04. The third kappa shape index (κ3) is 3.09. The largest absolute Gasteiger partial charge is 0.374 e. The molecule has 0 saturated carbocycles. The van der Waals surface area contributed by atoms with Gasteiger partial charge in [0, 0.05) is 26.9 Å². The van der Waals surface area contributed by atoms with Crippen molar-refractivity contribution >= 4 is 6.21 Å². The molecule has 0 aliphatic heterocycles. The smallest absolute Gasteiger partial charge is 0.114 e. The quantitative estimate of drug-likeness (QED) is 0.413. The van der Waals surface area contributed by atoms with E-state index in [1.54, 1.807) is 25.3 Å². The highest BCUT2D eigenvalue weighted by atomic mass is 15.5. The monoisotopic (exact) mass is 142 g/mol. The molecular weight excluding hydrogens is 128 g/mol. The minimum atomic E-state index is 0.446. The fourth-order valence-corrected chi connectivity index (χ4v) is 0.401. The minimum Gasteiger partial charge on any atom is -0.374 e. The van der Waals surface area contributed by atoms with Crippen molar-refractivity contribution in [3.05, 3.63) is 12.4 Å². The Kier molecular flexibility index (Phi) is 4.32. The van der Waals surface area contributed by atoms with E-state index in [1.165, 1.54) is 0 Å². The van der Waals surface area contributed by atoms with Crippen molar-refractivity contribution in [3.63, 3.8) is 0 Å². The Morgan fingerprint density at radius 2 is 2.50 bits per heavy atom. The number of hydrazone groups is 1. The Morgan fingerprint density at radius 1 is 1.90 bits per heavy atom. The molecule has 0 saturated heterocycles. The zero-order valence-corrected chi connectivity index (χ0v) is 6.46. The second-order valence-corrected chi connectivity index (χ2v) is 1.75. The van der Waals surface area contributed by atoms with Crippen LogP contribution in [0.1, 0.15) is 0 Å². The summed E-state index contributed by atoms with van der Waals surface area (Å²) in [5.74, 6) is 0.740. The summed E-state index contributed by atoms with van der Waals surface area (Å²) in [6.07, 6.45) is 1.61. The molecular formula is C6H14N4. The molecule has 0 amide bonds. The van der Waals surface area contributed by atoms with Crippen molar-refractivity contribution in [2.75, 3.05) is 20.6 Å². The highest BCUT2D eigenvalue weighted by molar-refractivity contribution is 5.58. The molecule has 0 aliphatic rings. The Labute approximate surface area is 61.4 Å². The lowest BCUT2D eigenvalue weighted by molar-refractivity contribution is 0.421. The molecule has 0 fully saturated rings. The van der Waals surface area contributed by atoms with Gasteiger partial charge in [-0.2, -0.15) is 5.10 Å². The number of hydrogen-bond donors (Lipinski definition) is 2. The van der Waals surface area contributed by atoms with E-state index in [1.807, 2.05) is 0 Å². The van der Waals surface area contributed by atoms with E-state index >= 15 is 0 Å². The van der Waals surface area contributed by atoms with Crippen LogP contribution in [0.15, 0.2) is 17.5 Å². The van der Waals surface area contributed by atoms with Crippen molar-refractivity contribution in [2.24, 2.45) is 10.8 Å². The van der Waals surface area contributed by atoms with E-state index in [4.69, 9.17) is 5.73 Å². The Balaban J connectivity index is 3.72. The van der Waals surface area contributed by atoms with E-state index in [0.717, 1.165) is 5.82 Å². The van der Waals surface area contributed by atoms with Gasteiger partial charge >= 0.3 is 0 Å². The van der Waals surface area contributed by atoms with Crippen LogP contribution >= 0.6 is 0 Å². The molecule has 0 spiro atoms. The Bertz CT molecular complexity index is 130. The van der Waals surface area contributed by atoms with Gasteiger partial charge in [0.1, 0.15) is 5.82 Å². The van der Waals surface area contributed by atoms with Crippen molar-refractivity contribution < 1.29 is 0 Å². The van der Waals surface area contributed by atoms with Gasteiger partial charge in [0.2, 0.25) is 0 Å². The average Bonchev–Trinajstić information content (AvgIpc) is 1.98. The molecule has 3 N–H and O–H groups in total. The summed E-state index contributed by atoms with van der Waals surface area (Å²) in [4.78, 5) is 0. The van der Waals surface area contributed by atoms with Gasteiger partial charge in [0.05, 0.1) is 0 Å². The summed E-state index contributed by atoms with van der Waals surface area (Å²) in [5, 5.41) is 8.40. The molecule has 0 aliphatic carbocycles. The first-order valence-electron chi connectivity index (χ1n) is 3.05. The molecule has 0 aromatic rings. The van der Waals surface area contributed by atoms with Crippen LogP contribution in [0.4, 0.5) is 0 Å². The van der Waals surface area contributed by atoms with E-state index in [-0.39, 0.29) is 0 Å². The minimum absolute atomic E-state index is 0.446. The number of nitrogens with one attached hydrogen (secondary N) is 1. The predicted octanol–water partition coefficient (Wildman–Crippen LogP) is -0.447. The SMILES string of the molecule is C=C(NC)N(C)/N=C\CN. The van der Waals surface area contributed by atoms with Crippen LogP contribution < -0.4 is 11.1 Å². The number of hydrogen-bond acceptors (Lipinski definition) is 4. The predicted molar refractivity (Wildman–Crippen MR) is 43.5 cm³/mol. The topological polar surface area (TPSA) is 53.6 Å². The summed E-state index contributed by atoms with van der Waals surface area (Å²) in [6, 6.07) is 0. The molecule has 0 rings (SSSR count). The van der Waals surface area contributed by atoms with Gasteiger partial charge in [-0.3, -0.25) is 5.01 Å². The Morgan fingerprint density at radius 3 is 2.90 bits per heavy atom. The van der Waals surface area contributed by atoms with Gasteiger partial charge < -0.3 is 11.1 Å². The normalized spacial score (nSPS) is 9.90. The third-order valence-corrected chi connectivity index (χ3v) is 1.04. The molecule has 0 aromatic heterocycles. The van der Waals surface area contributed by atoms with Gasteiger partial charge in [0.25, 0.3) is 0 Å². The van der Waals surface area contributed by atoms with Gasteiger partial charge in [-0.1, -0.05) is 6.58 Å². The average molecular weight is 142 g/mol. The van der Waals surface area contributed by atoms with Crippen LogP contribution in [-0.4, -0.2) is 31.9 Å². The molecule has 0 aromatic carbocycles. The maximum Gasteiger partial charge on any atom is 0.114 e. The molecule has 4 nitrogen and oxygen atoms in total. The lowest BCUT2D eigenvalue weighted by atomic mass is 10.7. The maximum absolute atomic E-state index is 5.19. The maximum atomic E-state index is 5.19. The molecule has 0 radical (unpaired) electrons. The Hall–Kier alpha value is -1.03. The standard InChI is InChI=1S/C6H14N4/c1-6(8-2)10(3)9-5-4-7/h5,8H,1,4,7H2,2-3H3/b9-5-. The van der Waals surface area contributed by atoms with E-state index < -0.39 is 0 Å². The lowest BCUT2D eigenvalue weighted by Crippen LogP contribution is -2.21. The fraction of sp³-hybridized carbons (Fsp3) is 0.500. The number of nitrogens with two attached hydrogens (primary N) is 1. The first-order chi connectivity index (χ1) is 4.72. The molecule has 0 heterocycles. The van der Waals surface area contributed by atoms with Crippen molar-refractivity contribution in [1.82, 2.24) is 10.3 Å². The first-order valence-corrected chi connectivity index (χ1v) is 3.05. The second kappa shape index (κ2) is 4.81. The van der Waals surface area contributed by atoms with Crippen molar-refractivity contribution in [3.8, 4) is 0 Å². The van der Waals surface area contributed by atoms with Crippen LogP contribution in [0.3, 0.4) is 0 Å². The van der Waals surface area contributed by atoms with Crippen molar-refractivity contribution in [1.29, 1.82) is 0 Å². The lowest BCUT2D eigenvalue weighted by Gasteiger charge is -2.14. The summed E-state index contributed by atoms with van der Waals surface area (Å²) in [5.41, 5.74) is 5.19. The molecule has 4 heteroatoms. The fourth-order valence-electron chi connectivity index (χ4n) is 0.401. The van der Waals surface area contributed by atoms with Crippen LogP contribution in [0, 0.1) is 0 Å². The van der Waals surface area contributed by atoms with Crippen LogP contribution in [0.25, 0.3) is 0 Å². The summed E-state index contributed by atoms with van der Waals surface area (Å²) in [6.45, 7) is 4.13. The van der Waals surface area contributed by atoms with Gasteiger partial charge in [-0.15, -0.1) is 0 Å². The molecule has 0 atom stereocenters. The van der Waals surface area contributed by atoms with Crippen molar-refractivity contribution in [2.45, 2.75) is 0 Å². The van der Waals surface area contributed by atoms with E-state index in [9.17, 15) is 0 Å². The summed E-state index contributed by atoms with van der Waals surface area (Å²) >= 11 is 0.